The number of nitrogens with one attached hydrogen (secondary N) is 1. The van der Waals surface area contributed by atoms with Gasteiger partial charge in [-0.2, -0.15) is 0 Å². The summed E-state index contributed by atoms with van der Waals surface area (Å²) < 4.78 is 0. The van der Waals surface area contributed by atoms with Crippen molar-refractivity contribution in [2.24, 2.45) is 0 Å². The first-order valence-corrected chi connectivity index (χ1v) is 6.53. The molecular formula is C12H11ClN2O2S. The molecule has 2 aromatic rings. The lowest BCUT2D eigenvalue weighted by Crippen LogP contribution is -2.09. The van der Waals surface area contributed by atoms with Crippen molar-refractivity contribution in [2.45, 2.75) is 13.0 Å². The van der Waals surface area contributed by atoms with E-state index in [0.29, 0.717) is 5.82 Å². The topological polar surface area (TPSA) is 62.2 Å². The Hall–Kier alpha value is -1.59. The summed E-state index contributed by atoms with van der Waals surface area (Å²) in [4.78, 5) is 16.1. The van der Waals surface area contributed by atoms with E-state index in [0.717, 1.165) is 4.88 Å². The van der Waals surface area contributed by atoms with Crippen LogP contribution in [0, 0.1) is 0 Å². The zero-order chi connectivity index (χ0) is 13.1. The molecule has 1 unspecified atom stereocenters. The summed E-state index contributed by atoms with van der Waals surface area (Å²) >= 11 is 7.39. The van der Waals surface area contributed by atoms with Crippen molar-refractivity contribution >= 4 is 34.7 Å². The van der Waals surface area contributed by atoms with Crippen molar-refractivity contribution < 1.29 is 9.90 Å². The quantitative estimate of drug-likeness (QED) is 0.898. The van der Waals surface area contributed by atoms with Gasteiger partial charge in [0, 0.05) is 4.88 Å². The molecule has 1 atom stereocenters. The van der Waals surface area contributed by atoms with Crippen LogP contribution in [-0.4, -0.2) is 16.1 Å². The SMILES string of the molecule is CC(Nc1ccc(Cl)c(C(=O)O)n1)c1cccs1. The highest BCUT2D eigenvalue weighted by molar-refractivity contribution is 7.10. The first-order chi connectivity index (χ1) is 8.58. The molecule has 0 radical (unpaired) electrons. The summed E-state index contributed by atoms with van der Waals surface area (Å²) in [5.74, 6) is -0.634. The third kappa shape index (κ3) is 2.80. The molecule has 2 rings (SSSR count). The van der Waals surface area contributed by atoms with E-state index >= 15 is 0 Å². The predicted octanol–water partition coefficient (Wildman–Crippen LogP) is 3.67. The highest BCUT2D eigenvalue weighted by Crippen LogP contribution is 2.23. The Morgan fingerprint density at radius 1 is 1.50 bits per heavy atom. The number of carboxylic acids is 1. The molecule has 6 heteroatoms. The Morgan fingerprint density at radius 3 is 2.89 bits per heavy atom. The number of aromatic carboxylic acids is 1. The molecule has 0 spiro atoms. The van der Waals surface area contributed by atoms with Gasteiger partial charge in [0.15, 0.2) is 5.69 Å². The van der Waals surface area contributed by atoms with Gasteiger partial charge in [0.1, 0.15) is 5.82 Å². The monoisotopic (exact) mass is 282 g/mol. The Balaban J connectivity index is 2.20. The van der Waals surface area contributed by atoms with Gasteiger partial charge in [-0.25, -0.2) is 9.78 Å². The van der Waals surface area contributed by atoms with E-state index in [1.165, 1.54) is 6.07 Å². The van der Waals surface area contributed by atoms with E-state index < -0.39 is 5.97 Å². The molecule has 0 amide bonds. The first kappa shape index (κ1) is 12.9. The fourth-order valence-electron chi connectivity index (χ4n) is 1.50. The minimum Gasteiger partial charge on any atom is -0.476 e. The third-order valence-electron chi connectivity index (χ3n) is 2.38. The second-order valence-corrected chi connectivity index (χ2v) is 5.10. The number of hydrogen-bond donors (Lipinski definition) is 2. The molecule has 18 heavy (non-hydrogen) atoms. The summed E-state index contributed by atoms with van der Waals surface area (Å²) in [6.45, 7) is 1.99. The van der Waals surface area contributed by atoms with E-state index in [9.17, 15) is 4.79 Å². The van der Waals surface area contributed by atoms with Crippen LogP contribution in [0.25, 0.3) is 0 Å². The molecule has 4 nitrogen and oxygen atoms in total. The molecular weight excluding hydrogens is 272 g/mol. The largest absolute Gasteiger partial charge is 0.476 e. The van der Waals surface area contributed by atoms with Crippen LogP contribution in [0.2, 0.25) is 5.02 Å². The van der Waals surface area contributed by atoms with Crippen molar-refractivity contribution in [3.05, 3.63) is 45.2 Å². The smallest absolute Gasteiger partial charge is 0.356 e. The van der Waals surface area contributed by atoms with Gasteiger partial charge in [0.2, 0.25) is 0 Å². The van der Waals surface area contributed by atoms with Gasteiger partial charge in [-0.05, 0) is 30.5 Å². The molecule has 0 aromatic carbocycles. The lowest BCUT2D eigenvalue weighted by molar-refractivity contribution is 0.0691. The zero-order valence-corrected chi connectivity index (χ0v) is 11.1. The highest BCUT2D eigenvalue weighted by atomic mass is 35.5. The van der Waals surface area contributed by atoms with Crippen LogP contribution < -0.4 is 5.32 Å². The summed E-state index contributed by atoms with van der Waals surface area (Å²) in [5.41, 5.74) is -0.139. The normalized spacial score (nSPS) is 12.1. The molecule has 2 aromatic heterocycles. The van der Waals surface area contributed by atoms with Crippen LogP contribution in [-0.2, 0) is 0 Å². The molecule has 0 bridgehead atoms. The van der Waals surface area contributed by atoms with Crippen molar-refractivity contribution in [3.63, 3.8) is 0 Å². The standard InChI is InChI=1S/C12H11ClN2O2S/c1-7(9-3-2-6-18-9)14-10-5-4-8(13)11(15-10)12(16)17/h2-7H,1H3,(H,14,15)(H,16,17). The molecule has 2 N–H and O–H groups in total. The van der Waals surface area contributed by atoms with Gasteiger partial charge < -0.3 is 10.4 Å². The Labute approximate surface area is 113 Å². The zero-order valence-electron chi connectivity index (χ0n) is 9.55. The van der Waals surface area contributed by atoms with E-state index in [-0.39, 0.29) is 16.8 Å². The van der Waals surface area contributed by atoms with Crippen molar-refractivity contribution in [2.75, 3.05) is 5.32 Å². The van der Waals surface area contributed by atoms with Crippen LogP contribution in [0.3, 0.4) is 0 Å². The average Bonchev–Trinajstić information content (AvgIpc) is 2.85. The van der Waals surface area contributed by atoms with Crippen molar-refractivity contribution in [1.29, 1.82) is 0 Å². The molecule has 0 aliphatic carbocycles. The summed E-state index contributed by atoms with van der Waals surface area (Å²) in [6, 6.07) is 7.24. The number of hydrogen-bond acceptors (Lipinski definition) is 4. The van der Waals surface area contributed by atoms with Crippen LogP contribution >= 0.6 is 22.9 Å². The fourth-order valence-corrected chi connectivity index (χ4v) is 2.42. The molecule has 0 fully saturated rings. The van der Waals surface area contributed by atoms with E-state index in [2.05, 4.69) is 10.3 Å². The van der Waals surface area contributed by atoms with E-state index in [1.807, 2.05) is 24.4 Å². The number of anilines is 1. The van der Waals surface area contributed by atoms with Crippen LogP contribution in [0.15, 0.2) is 29.6 Å². The number of thiophene rings is 1. The summed E-state index contributed by atoms with van der Waals surface area (Å²) in [5, 5.41) is 14.2. The van der Waals surface area contributed by atoms with Crippen LogP contribution in [0.4, 0.5) is 5.82 Å². The van der Waals surface area contributed by atoms with Crippen molar-refractivity contribution in [3.8, 4) is 0 Å². The molecule has 0 saturated heterocycles. The number of halogens is 1. The summed E-state index contributed by atoms with van der Waals surface area (Å²) in [7, 11) is 0. The van der Waals surface area contributed by atoms with Gasteiger partial charge in [-0.3, -0.25) is 0 Å². The number of carboxylic acid groups (broad SMARTS) is 1. The maximum atomic E-state index is 10.9. The van der Waals surface area contributed by atoms with Gasteiger partial charge in [0.05, 0.1) is 11.1 Å². The Kier molecular flexibility index (Phi) is 3.84. The predicted molar refractivity (Wildman–Crippen MR) is 72.6 cm³/mol. The molecule has 0 aliphatic rings. The number of aromatic nitrogens is 1. The highest BCUT2D eigenvalue weighted by Gasteiger charge is 2.13. The van der Waals surface area contributed by atoms with E-state index in [4.69, 9.17) is 16.7 Å². The number of nitrogens with zero attached hydrogens (tertiary/aromatic N) is 1. The maximum Gasteiger partial charge on any atom is 0.356 e. The Bertz CT molecular complexity index is 557. The molecule has 0 aliphatic heterocycles. The van der Waals surface area contributed by atoms with Crippen LogP contribution in [0.5, 0.6) is 0 Å². The van der Waals surface area contributed by atoms with Crippen molar-refractivity contribution in [1.82, 2.24) is 4.98 Å². The maximum absolute atomic E-state index is 10.9. The second kappa shape index (κ2) is 5.37. The van der Waals surface area contributed by atoms with Gasteiger partial charge in [-0.15, -0.1) is 11.3 Å². The van der Waals surface area contributed by atoms with Gasteiger partial charge in [0.25, 0.3) is 0 Å². The van der Waals surface area contributed by atoms with E-state index in [1.54, 1.807) is 17.4 Å². The third-order valence-corrected chi connectivity index (χ3v) is 3.74. The average molecular weight is 283 g/mol. The number of pyridine rings is 1. The van der Waals surface area contributed by atoms with Gasteiger partial charge >= 0.3 is 5.97 Å². The first-order valence-electron chi connectivity index (χ1n) is 5.27. The minimum absolute atomic E-state index is 0.0697. The number of rotatable bonds is 4. The minimum atomic E-state index is -1.13. The lowest BCUT2D eigenvalue weighted by atomic mass is 10.2. The second-order valence-electron chi connectivity index (χ2n) is 3.71. The van der Waals surface area contributed by atoms with Gasteiger partial charge in [-0.1, -0.05) is 17.7 Å². The van der Waals surface area contributed by atoms with Crippen LogP contribution in [0.1, 0.15) is 28.3 Å². The molecule has 94 valence electrons. The summed E-state index contributed by atoms with van der Waals surface area (Å²) in [6.07, 6.45) is 0. The number of carbonyl (C=O) groups is 1. The molecule has 0 saturated carbocycles. The lowest BCUT2D eigenvalue weighted by Gasteiger charge is -2.13. The fraction of sp³-hybridized carbons (Fsp3) is 0.167. The Morgan fingerprint density at radius 2 is 2.28 bits per heavy atom. The molecule has 2 heterocycles.